The van der Waals surface area contributed by atoms with Gasteiger partial charge in [0, 0.05) is 6.54 Å². The molecule has 3 aromatic rings. The molecule has 128 valence electrons. The zero-order valence-electron chi connectivity index (χ0n) is 14.0. The number of hydrogen-bond donors (Lipinski definition) is 1. The third-order valence-corrected chi connectivity index (χ3v) is 3.71. The third-order valence-electron chi connectivity index (χ3n) is 3.71. The summed E-state index contributed by atoms with van der Waals surface area (Å²) < 4.78 is 7.28. The lowest BCUT2D eigenvalue weighted by molar-refractivity contribution is -0.128. The molecule has 1 heterocycles. The molecule has 0 spiro atoms. The van der Waals surface area contributed by atoms with Crippen LogP contribution >= 0.6 is 0 Å². The Kier molecular flexibility index (Phi) is 5.41. The molecule has 2 aromatic carbocycles. The van der Waals surface area contributed by atoms with E-state index in [0.29, 0.717) is 13.0 Å². The van der Waals surface area contributed by atoms with Gasteiger partial charge in [-0.05, 0) is 24.1 Å². The molecule has 0 radical (unpaired) electrons. The maximum Gasteiger partial charge on any atom is 0.336 e. The van der Waals surface area contributed by atoms with Gasteiger partial charge in [-0.1, -0.05) is 55.5 Å². The molecule has 3 rings (SSSR count). The van der Waals surface area contributed by atoms with E-state index < -0.39 is 6.10 Å². The number of rotatable bonds is 7. The summed E-state index contributed by atoms with van der Waals surface area (Å²) in [5.74, 6) is -0.178. The fourth-order valence-electron chi connectivity index (χ4n) is 2.36. The minimum Gasteiger partial charge on any atom is -0.449 e. The minimum atomic E-state index is -0.629. The van der Waals surface area contributed by atoms with E-state index in [1.165, 1.54) is 0 Å². The SMILES string of the molecule is CCC(Oc1ncn(-c2ccccc2)n1)C(=O)NCc1ccccc1. The molecule has 0 aliphatic carbocycles. The second-order valence-corrected chi connectivity index (χ2v) is 5.53. The van der Waals surface area contributed by atoms with Crippen LogP contribution in [0.5, 0.6) is 6.01 Å². The van der Waals surface area contributed by atoms with Crippen LogP contribution in [-0.2, 0) is 11.3 Å². The summed E-state index contributed by atoms with van der Waals surface area (Å²) in [5, 5.41) is 7.15. The van der Waals surface area contributed by atoms with Crippen molar-refractivity contribution < 1.29 is 9.53 Å². The highest BCUT2D eigenvalue weighted by Crippen LogP contribution is 2.11. The van der Waals surface area contributed by atoms with E-state index in [9.17, 15) is 4.79 Å². The van der Waals surface area contributed by atoms with Crippen LogP contribution < -0.4 is 10.1 Å². The highest BCUT2D eigenvalue weighted by molar-refractivity contribution is 5.80. The molecule has 6 heteroatoms. The zero-order valence-corrected chi connectivity index (χ0v) is 14.0. The van der Waals surface area contributed by atoms with Crippen LogP contribution in [0.4, 0.5) is 0 Å². The van der Waals surface area contributed by atoms with Gasteiger partial charge in [-0.25, -0.2) is 4.68 Å². The molecule has 0 aliphatic heterocycles. The average Bonchev–Trinajstić information content (AvgIpc) is 3.14. The van der Waals surface area contributed by atoms with Crippen LogP contribution in [0.1, 0.15) is 18.9 Å². The Labute approximate surface area is 146 Å². The van der Waals surface area contributed by atoms with Crippen LogP contribution in [0.3, 0.4) is 0 Å². The van der Waals surface area contributed by atoms with Crippen LogP contribution in [0.2, 0.25) is 0 Å². The van der Waals surface area contributed by atoms with Gasteiger partial charge in [-0.15, -0.1) is 5.10 Å². The van der Waals surface area contributed by atoms with Crippen LogP contribution in [0.15, 0.2) is 67.0 Å². The molecule has 1 amide bonds. The molecule has 0 bridgehead atoms. The van der Waals surface area contributed by atoms with E-state index in [4.69, 9.17) is 4.74 Å². The average molecular weight is 336 g/mol. The van der Waals surface area contributed by atoms with Gasteiger partial charge in [0.2, 0.25) is 0 Å². The number of ether oxygens (including phenoxy) is 1. The van der Waals surface area contributed by atoms with E-state index in [1.54, 1.807) is 11.0 Å². The Balaban J connectivity index is 1.60. The van der Waals surface area contributed by atoms with Crippen molar-refractivity contribution in [3.8, 4) is 11.7 Å². The number of nitrogens with one attached hydrogen (secondary N) is 1. The number of carbonyl (C=O) groups excluding carboxylic acids is 1. The van der Waals surface area contributed by atoms with E-state index in [0.717, 1.165) is 11.3 Å². The summed E-state index contributed by atoms with van der Waals surface area (Å²) in [4.78, 5) is 16.5. The lowest BCUT2D eigenvalue weighted by Crippen LogP contribution is -2.37. The lowest BCUT2D eigenvalue weighted by Gasteiger charge is -2.14. The van der Waals surface area contributed by atoms with Crippen LogP contribution in [0.25, 0.3) is 5.69 Å². The highest BCUT2D eigenvalue weighted by Gasteiger charge is 2.20. The Bertz CT molecular complexity index is 803. The van der Waals surface area contributed by atoms with Crippen molar-refractivity contribution in [2.24, 2.45) is 0 Å². The minimum absolute atomic E-state index is 0.178. The quantitative estimate of drug-likeness (QED) is 0.720. The first kappa shape index (κ1) is 16.7. The number of benzene rings is 2. The number of nitrogens with zero attached hydrogens (tertiary/aromatic N) is 3. The number of aromatic nitrogens is 3. The fraction of sp³-hybridized carbons (Fsp3) is 0.211. The van der Waals surface area contributed by atoms with Crippen molar-refractivity contribution in [2.45, 2.75) is 26.0 Å². The molecular formula is C19H20N4O2. The van der Waals surface area contributed by atoms with E-state index >= 15 is 0 Å². The van der Waals surface area contributed by atoms with E-state index in [2.05, 4.69) is 15.4 Å². The van der Waals surface area contributed by atoms with Crippen molar-refractivity contribution in [3.63, 3.8) is 0 Å². The molecule has 0 saturated heterocycles. The van der Waals surface area contributed by atoms with Crippen LogP contribution in [0, 0.1) is 0 Å². The Morgan fingerprint density at radius 2 is 1.80 bits per heavy atom. The Hall–Kier alpha value is -3.15. The van der Waals surface area contributed by atoms with Crippen molar-refractivity contribution in [1.29, 1.82) is 0 Å². The van der Waals surface area contributed by atoms with Gasteiger partial charge in [-0.3, -0.25) is 4.79 Å². The van der Waals surface area contributed by atoms with Crippen molar-refractivity contribution in [1.82, 2.24) is 20.1 Å². The van der Waals surface area contributed by atoms with Crippen molar-refractivity contribution in [3.05, 3.63) is 72.6 Å². The van der Waals surface area contributed by atoms with Gasteiger partial charge in [0.1, 0.15) is 6.33 Å². The number of amides is 1. The van der Waals surface area contributed by atoms with Gasteiger partial charge in [0.05, 0.1) is 5.69 Å². The summed E-state index contributed by atoms with van der Waals surface area (Å²) in [6, 6.07) is 19.5. The smallest absolute Gasteiger partial charge is 0.336 e. The number of carbonyl (C=O) groups is 1. The summed E-state index contributed by atoms with van der Waals surface area (Å²) in [7, 11) is 0. The zero-order chi connectivity index (χ0) is 17.5. The summed E-state index contributed by atoms with van der Waals surface area (Å²) >= 11 is 0. The maximum atomic E-state index is 12.3. The van der Waals surface area contributed by atoms with Crippen molar-refractivity contribution in [2.75, 3.05) is 0 Å². The first-order valence-electron chi connectivity index (χ1n) is 8.21. The first-order chi connectivity index (χ1) is 12.3. The van der Waals surface area contributed by atoms with Gasteiger partial charge >= 0.3 is 6.01 Å². The van der Waals surface area contributed by atoms with Crippen LogP contribution in [-0.4, -0.2) is 26.8 Å². The third kappa shape index (κ3) is 4.44. The molecule has 0 aliphatic rings. The maximum absolute atomic E-state index is 12.3. The normalized spacial score (nSPS) is 11.7. The molecule has 1 atom stereocenters. The Morgan fingerprint density at radius 1 is 1.12 bits per heavy atom. The predicted octanol–water partition coefficient (Wildman–Crippen LogP) is 2.74. The standard InChI is InChI=1S/C19H20N4O2/c1-2-17(18(24)20-13-15-9-5-3-6-10-15)25-19-21-14-23(22-19)16-11-7-4-8-12-16/h3-12,14,17H,2,13H2,1H3,(H,20,24). The molecule has 25 heavy (non-hydrogen) atoms. The van der Waals surface area contributed by atoms with Gasteiger partial charge in [0.15, 0.2) is 6.10 Å². The number of para-hydroxylation sites is 1. The monoisotopic (exact) mass is 336 g/mol. The van der Waals surface area contributed by atoms with E-state index in [1.807, 2.05) is 67.6 Å². The molecule has 1 N–H and O–H groups in total. The van der Waals surface area contributed by atoms with Gasteiger partial charge < -0.3 is 10.1 Å². The fourth-order valence-corrected chi connectivity index (χ4v) is 2.36. The second kappa shape index (κ2) is 8.10. The molecule has 1 unspecified atom stereocenters. The second-order valence-electron chi connectivity index (χ2n) is 5.53. The Morgan fingerprint density at radius 3 is 2.48 bits per heavy atom. The summed E-state index contributed by atoms with van der Waals surface area (Å²) in [6.45, 7) is 2.35. The molecule has 0 fully saturated rings. The largest absolute Gasteiger partial charge is 0.449 e. The molecule has 6 nitrogen and oxygen atoms in total. The number of hydrogen-bond acceptors (Lipinski definition) is 4. The molecule has 1 aromatic heterocycles. The topological polar surface area (TPSA) is 69.0 Å². The lowest BCUT2D eigenvalue weighted by atomic mass is 10.2. The predicted molar refractivity (Wildman–Crippen MR) is 94.4 cm³/mol. The first-order valence-corrected chi connectivity index (χ1v) is 8.21. The van der Waals surface area contributed by atoms with Gasteiger partial charge in [-0.2, -0.15) is 4.98 Å². The van der Waals surface area contributed by atoms with Crippen molar-refractivity contribution >= 4 is 5.91 Å². The molecular weight excluding hydrogens is 316 g/mol. The summed E-state index contributed by atoms with van der Waals surface area (Å²) in [5.41, 5.74) is 1.92. The van der Waals surface area contributed by atoms with E-state index in [-0.39, 0.29) is 11.9 Å². The van der Waals surface area contributed by atoms with Gasteiger partial charge in [0.25, 0.3) is 5.91 Å². The highest BCUT2D eigenvalue weighted by atomic mass is 16.5. The molecule has 0 saturated carbocycles. The summed E-state index contributed by atoms with van der Waals surface area (Å²) in [6.07, 6.45) is 1.47.